The summed E-state index contributed by atoms with van der Waals surface area (Å²) in [6.45, 7) is 13.5. The van der Waals surface area contributed by atoms with Gasteiger partial charge >= 0.3 is 12.1 Å². The maximum Gasteiger partial charge on any atom is 0.407 e. The smallest absolute Gasteiger partial charge is 0.407 e. The van der Waals surface area contributed by atoms with E-state index >= 15 is 0 Å². The van der Waals surface area contributed by atoms with Crippen LogP contribution in [0.3, 0.4) is 0 Å². The summed E-state index contributed by atoms with van der Waals surface area (Å²) in [4.78, 5) is 22.2. The van der Waals surface area contributed by atoms with Crippen LogP contribution in [-0.2, 0) is 4.79 Å². The Hall–Kier alpha value is -2.31. The van der Waals surface area contributed by atoms with Crippen LogP contribution in [-0.4, -0.2) is 53.4 Å². The fourth-order valence-electron chi connectivity index (χ4n) is 3.73. The molecule has 2 aliphatic rings. The number of piperazine rings is 1. The summed E-state index contributed by atoms with van der Waals surface area (Å²) in [6, 6.07) is 0. The lowest BCUT2D eigenvalue weighted by atomic mass is 9.72. The molecule has 1 amide bonds. The van der Waals surface area contributed by atoms with Gasteiger partial charge in [0.25, 0.3) is 0 Å². The van der Waals surface area contributed by atoms with Gasteiger partial charge in [-0.05, 0) is 56.6 Å². The highest BCUT2D eigenvalue weighted by Crippen LogP contribution is 2.40. The molecule has 3 N–H and O–H groups in total. The molecule has 0 bridgehead atoms. The number of aliphatic carboxylic acids is 1. The van der Waals surface area contributed by atoms with Crippen molar-refractivity contribution in [3.8, 4) is 0 Å². The molecular weight excluding hydrogens is 428 g/mol. The van der Waals surface area contributed by atoms with E-state index in [0.29, 0.717) is 13.1 Å². The molecule has 0 unspecified atom stereocenters. The lowest BCUT2D eigenvalue weighted by molar-refractivity contribution is -0.131. The van der Waals surface area contributed by atoms with Crippen molar-refractivity contribution in [2.24, 2.45) is 5.41 Å². The van der Waals surface area contributed by atoms with Gasteiger partial charge in [0.05, 0.1) is 0 Å². The highest BCUT2D eigenvalue weighted by Gasteiger charge is 2.26. The van der Waals surface area contributed by atoms with E-state index in [0.717, 1.165) is 24.2 Å². The van der Waals surface area contributed by atoms with E-state index in [1.54, 1.807) is 13.0 Å². The second-order valence-corrected chi connectivity index (χ2v) is 8.78. The molecule has 0 spiro atoms. The maximum absolute atomic E-state index is 10.5. The average molecular weight is 467 g/mol. The van der Waals surface area contributed by atoms with E-state index in [1.165, 1.54) is 41.4 Å². The van der Waals surface area contributed by atoms with Crippen molar-refractivity contribution in [3.63, 3.8) is 0 Å². The summed E-state index contributed by atoms with van der Waals surface area (Å²) in [5.41, 5.74) is 5.09. The van der Waals surface area contributed by atoms with Crippen LogP contribution in [0, 0.1) is 5.41 Å². The molecule has 2 rings (SSSR count). The summed E-state index contributed by atoms with van der Waals surface area (Å²) < 4.78 is 0. The Labute approximate surface area is 198 Å². The SMILES string of the molecule is CC(C=CC1=C(C)CCCC1(C)C)=CC=C/C(C)=C/C(=O)O.Cl.O=C(O)N1CCNCC1. The second-order valence-electron chi connectivity index (χ2n) is 8.78. The van der Waals surface area contributed by atoms with E-state index < -0.39 is 12.1 Å². The Kier molecular flexibility index (Phi) is 13.6. The second kappa shape index (κ2) is 14.7. The molecule has 1 aliphatic carbocycles. The Bertz CT molecular complexity index is 786. The number of allylic oxidation sites excluding steroid dienone is 9. The van der Waals surface area contributed by atoms with Crippen LogP contribution in [0.4, 0.5) is 4.79 Å². The largest absolute Gasteiger partial charge is 0.478 e. The number of hydrogen-bond donors (Lipinski definition) is 3. The minimum atomic E-state index is -0.912. The normalized spacial score (nSPS) is 19.5. The van der Waals surface area contributed by atoms with Gasteiger partial charge in [0.2, 0.25) is 0 Å². The molecule has 7 heteroatoms. The van der Waals surface area contributed by atoms with Crippen LogP contribution in [0.25, 0.3) is 0 Å². The summed E-state index contributed by atoms with van der Waals surface area (Å²) in [5, 5.41) is 20.2. The number of carboxylic acids is 1. The zero-order chi connectivity index (χ0) is 23.4. The van der Waals surface area contributed by atoms with Crippen LogP contribution >= 0.6 is 12.4 Å². The first kappa shape index (κ1) is 29.7. The van der Waals surface area contributed by atoms with Crippen molar-refractivity contribution in [1.82, 2.24) is 10.2 Å². The molecule has 0 saturated carbocycles. The molecule has 0 aromatic heterocycles. The minimum Gasteiger partial charge on any atom is -0.478 e. The van der Waals surface area contributed by atoms with Gasteiger partial charge in [-0.3, -0.25) is 0 Å². The van der Waals surface area contributed by atoms with Gasteiger partial charge in [-0.15, -0.1) is 12.4 Å². The van der Waals surface area contributed by atoms with Crippen molar-refractivity contribution < 1.29 is 19.8 Å². The number of amides is 1. The first-order valence-electron chi connectivity index (χ1n) is 10.9. The number of carboxylic acid groups (broad SMARTS) is 2. The van der Waals surface area contributed by atoms with Crippen LogP contribution in [0.5, 0.6) is 0 Å². The lowest BCUT2D eigenvalue weighted by Gasteiger charge is -2.32. The summed E-state index contributed by atoms with van der Waals surface area (Å²) >= 11 is 0. The first-order valence-corrected chi connectivity index (χ1v) is 10.9. The molecule has 0 aromatic carbocycles. The van der Waals surface area contributed by atoms with E-state index in [-0.39, 0.29) is 17.8 Å². The number of nitrogens with zero attached hydrogens (tertiary/aromatic N) is 1. The maximum atomic E-state index is 10.5. The number of halogens is 1. The van der Waals surface area contributed by atoms with Gasteiger partial charge in [-0.2, -0.15) is 0 Å². The highest BCUT2D eigenvalue weighted by molar-refractivity contribution is 5.85. The third-order valence-electron chi connectivity index (χ3n) is 5.51. The fourth-order valence-corrected chi connectivity index (χ4v) is 3.73. The van der Waals surface area contributed by atoms with Gasteiger partial charge in [-0.1, -0.05) is 55.4 Å². The van der Waals surface area contributed by atoms with E-state index in [4.69, 9.17) is 10.2 Å². The quantitative estimate of drug-likeness (QED) is 0.362. The molecule has 0 radical (unpaired) electrons. The fraction of sp³-hybridized carbons (Fsp3) is 0.520. The molecule has 0 atom stereocenters. The van der Waals surface area contributed by atoms with E-state index in [2.05, 4.69) is 45.2 Å². The third-order valence-corrected chi connectivity index (χ3v) is 5.51. The first-order chi connectivity index (χ1) is 14.5. The van der Waals surface area contributed by atoms with Gasteiger partial charge in [0, 0.05) is 32.3 Å². The number of nitrogens with one attached hydrogen (secondary N) is 1. The Balaban J connectivity index is 0.000000803. The summed E-state index contributed by atoms with van der Waals surface area (Å²) in [5.74, 6) is -0.912. The van der Waals surface area contributed by atoms with Crippen molar-refractivity contribution in [2.45, 2.75) is 53.9 Å². The van der Waals surface area contributed by atoms with Crippen LogP contribution in [0.1, 0.15) is 53.9 Å². The molecule has 0 aromatic rings. The Morgan fingerprint density at radius 1 is 1.06 bits per heavy atom. The molecule has 32 heavy (non-hydrogen) atoms. The van der Waals surface area contributed by atoms with Crippen molar-refractivity contribution in [2.75, 3.05) is 26.2 Å². The number of hydrogen-bond acceptors (Lipinski definition) is 3. The van der Waals surface area contributed by atoms with Crippen LogP contribution < -0.4 is 5.32 Å². The molecular formula is C25H39ClN2O4. The summed E-state index contributed by atoms with van der Waals surface area (Å²) in [6.07, 6.45) is 14.2. The van der Waals surface area contributed by atoms with Gasteiger partial charge in [0.1, 0.15) is 0 Å². The lowest BCUT2D eigenvalue weighted by Crippen LogP contribution is -2.45. The number of carbonyl (C=O) groups is 2. The molecule has 1 heterocycles. The molecule has 1 fully saturated rings. The molecule has 1 saturated heterocycles. The predicted molar refractivity (Wildman–Crippen MR) is 133 cm³/mol. The summed E-state index contributed by atoms with van der Waals surface area (Å²) in [7, 11) is 0. The van der Waals surface area contributed by atoms with Gasteiger partial charge in [0.15, 0.2) is 0 Å². The molecule has 6 nitrogen and oxygen atoms in total. The van der Waals surface area contributed by atoms with Crippen molar-refractivity contribution in [3.05, 3.63) is 58.7 Å². The standard InChI is InChI=1S/C20H28O2.C5H10N2O2.ClH/c1-15(8-6-9-16(2)14-19(21)22)11-12-18-17(3)10-7-13-20(18,4)5;8-5(9)7-3-1-6-2-4-7;/h6,8-9,11-12,14H,7,10,13H2,1-5H3,(H,21,22);6H,1-4H2,(H,8,9);1H/b9-6?,12-11?,15-8?,16-14+;;. The van der Waals surface area contributed by atoms with Gasteiger partial charge in [-0.25, -0.2) is 9.59 Å². The third kappa shape index (κ3) is 11.3. The predicted octanol–water partition coefficient (Wildman–Crippen LogP) is 5.59. The highest BCUT2D eigenvalue weighted by atomic mass is 35.5. The Morgan fingerprint density at radius 3 is 2.19 bits per heavy atom. The Morgan fingerprint density at radius 2 is 1.69 bits per heavy atom. The monoisotopic (exact) mass is 466 g/mol. The van der Waals surface area contributed by atoms with E-state index in [1.807, 2.05) is 12.2 Å². The van der Waals surface area contributed by atoms with Crippen LogP contribution in [0.2, 0.25) is 0 Å². The van der Waals surface area contributed by atoms with Crippen molar-refractivity contribution >= 4 is 24.5 Å². The zero-order valence-corrected chi connectivity index (χ0v) is 20.8. The minimum absolute atomic E-state index is 0. The van der Waals surface area contributed by atoms with Crippen LogP contribution in [0.15, 0.2) is 58.7 Å². The average Bonchev–Trinajstić information content (AvgIpc) is 2.67. The zero-order valence-electron chi connectivity index (χ0n) is 20.0. The van der Waals surface area contributed by atoms with Crippen molar-refractivity contribution in [1.29, 1.82) is 0 Å². The topological polar surface area (TPSA) is 89.9 Å². The van der Waals surface area contributed by atoms with Gasteiger partial charge < -0.3 is 20.4 Å². The molecule has 180 valence electrons. The van der Waals surface area contributed by atoms with E-state index in [9.17, 15) is 9.59 Å². The molecule has 1 aliphatic heterocycles. The number of rotatable bonds is 5.